The highest BCUT2D eigenvalue weighted by molar-refractivity contribution is 5.92. The van der Waals surface area contributed by atoms with E-state index in [1.54, 1.807) is 24.7 Å². The van der Waals surface area contributed by atoms with Crippen molar-refractivity contribution in [3.8, 4) is 11.1 Å². The average molecular weight is 282 g/mol. The minimum Gasteiger partial charge on any atom is -0.335 e. The van der Waals surface area contributed by atoms with Crippen LogP contribution in [0.5, 0.6) is 0 Å². The van der Waals surface area contributed by atoms with Gasteiger partial charge in [-0.2, -0.15) is 0 Å². The van der Waals surface area contributed by atoms with Crippen molar-refractivity contribution in [2.75, 3.05) is 33.2 Å². The zero-order chi connectivity index (χ0) is 14.7. The Morgan fingerprint density at radius 3 is 2.33 bits per heavy atom. The van der Waals surface area contributed by atoms with Crippen LogP contribution in [0.3, 0.4) is 0 Å². The van der Waals surface area contributed by atoms with Gasteiger partial charge in [0.2, 0.25) is 0 Å². The summed E-state index contributed by atoms with van der Waals surface area (Å²) in [6, 6.07) is 7.60. The summed E-state index contributed by atoms with van der Waals surface area (Å²) in [7, 11) is 2.07. The monoisotopic (exact) mass is 282 g/mol. The predicted molar refractivity (Wildman–Crippen MR) is 80.9 cm³/mol. The van der Waals surface area contributed by atoms with Gasteiger partial charge in [-0.1, -0.05) is 6.07 Å². The summed E-state index contributed by atoms with van der Waals surface area (Å²) >= 11 is 0. The zero-order valence-electron chi connectivity index (χ0n) is 12.1. The molecule has 0 unspecified atom stereocenters. The van der Waals surface area contributed by atoms with Crippen LogP contribution >= 0.6 is 0 Å². The number of carbonyl (C=O) groups excluding carboxylic acids is 1. The lowest BCUT2D eigenvalue weighted by molar-refractivity contribution is 0.0658. The molecule has 0 spiro atoms. The predicted octanol–water partition coefficient (Wildman–Crippen LogP) is 1.53. The highest BCUT2D eigenvalue weighted by Crippen LogP contribution is 2.17. The van der Waals surface area contributed by atoms with Gasteiger partial charge in [0.05, 0.1) is 0 Å². The number of aromatic nitrogens is 2. The number of rotatable bonds is 2. The molecule has 1 fully saturated rings. The number of piperazine rings is 1. The van der Waals surface area contributed by atoms with Crippen LogP contribution in [0.1, 0.15) is 10.5 Å². The standard InChI is InChI=1S/C16H18N4O/c1-19-8-10-20(11-9-19)16(21)15-3-2-14(12-18-15)13-4-6-17-7-5-13/h2-7,12H,8-11H2,1H3. The molecule has 3 rings (SSSR count). The summed E-state index contributed by atoms with van der Waals surface area (Å²) in [6.07, 6.45) is 5.25. The van der Waals surface area contributed by atoms with Crippen LogP contribution < -0.4 is 0 Å². The number of hydrogen-bond donors (Lipinski definition) is 0. The third-order valence-corrected chi connectivity index (χ3v) is 3.79. The minimum atomic E-state index is 0.0179. The SMILES string of the molecule is CN1CCN(C(=O)c2ccc(-c3ccncc3)cn2)CC1. The molecule has 1 aliphatic rings. The highest BCUT2D eigenvalue weighted by Gasteiger charge is 2.21. The Balaban J connectivity index is 1.73. The van der Waals surface area contributed by atoms with Gasteiger partial charge >= 0.3 is 0 Å². The molecular formula is C16H18N4O. The van der Waals surface area contributed by atoms with Crippen molar-refractivity contribution in [2.24, 2.45) is 0 Å². The third-order valence-electron chi connectivity index (χ3n) is 3.79. The van der Waals surface area contributed by atoms with Crippen LogP contribution in [0.15, 0.2) is 42.9 Å². The first kappa shape index (κ1) is 13.7. The van der Waals surface area contributed by atoms with E-state index in [1.807, 2.05) is 23.1 Å². The maximum Gasteiger partial charge on any atom is 0.272 e. The molecule has 5 nitrogen and oxygen atoms in total. The smallest absolute Gasteiger partial charge is 0.272 e. The number of hydrogen-bond acceptors (Lipinski definition) is 4. The fourth-order valence-electron chi connectivity index (χ4n) is 2.41. The second-order valence-corrected chi connectivity index (χ2v) is 5.26. The lowest BCUT2D eigenvalue weighted by Crippen LogP contribution is -2.47. The van der Waals surface area contributed by atoms with Crippen LogP contribution in [-0.2, 0) is 0 Å². The Bertz CT molecular complexity index is 604. The van der Waals surface area contributed by atoms with Gasteiger partial charge in [0, 0.05) is 50.3 Å². The second-order valence-electron chi connectivity index (χ2n) is 5.26. The lowest BCUT2D eigenvalue weighted by Gasteiger charge is -2.32. The normalized spacial score (nSPS) is 16.0. The van der Waals surface area contributed by atoms with Gasteiger partial charge in [-0.15, -0.1) is 0 Å². The van der Waals surface area contributed by atoms with E-state index in [0.29, 0.717) is 5.69 Å². The number of amides is 1. The van der Waals surface area contributed by atoms with Crippen molar-refractivity contribution in [3.05, 3.63) is 48.5 Å². The van der Waals surface area contributed by atoms with Gasteiger partial charge < -0.3 is 9.80 Å². The van der Waals surface area contributed by atoms with E-state index in [1.165, 1.54) is 0 Å². The van der Waals surface area contributed by atoms with Crippen molar-refractivity contribution in [1.82, 2.24) is 19.8 Å². The molecule has 21 heavy (non-hydrogen) atoms. The Morgan fingerprint density at radius 1 is 1.00 bits per heavy atom. The molecule has 1 saturated heterocycles. The summed E-state index contributed by atoms with van der Waals surface area (Å²) in [5, 5.41) is 0. The van der Waals surface area contributed by atoms with Crippen LogP contribution in [0.2, 0.25) is 0 Å². The highest BCUT2D eigenvalue weighted by atomic mass is 16.2. The van der Waals surface area contributed by atoms with Gasteiger partial charge in [-0.3, -0.25) is 14.8 Å². The van der Waals surface area contributed by atoms with E-state index in [9.17, 15) is 4.79 Å². The molecule has 0 radical (unpaired) electrons. The number of pyridine rings is 2. The van der Waals surface area contributed by atoms with Crippen molar-refractivity contribution in [2.45, 2.75) is 0 Å². The molecule has 108 valence electrons. The van der Waals surface area contributed by atoms with E-state index in [4.69, 9.17) is 0 Å². The number of carbonyl (C=O) groups is 1. The van der Waals surface area contributed by atoms with Crippen molar-refractivity contribution in [1.29, 1.82) is 0 Å². The van der Waals surface area contributed by atoms with Gasteiger partial charge in [-0.25, -0.2) is 0 Å². The molecule has 1 amide bonds. The molecule has 5 heteroatoms. The number of likely N-dealkylation sites (N-methyl/N-ethyl adjacent to an activating group) is 1. The van der Waals surface area contributed by atoms with Gasteiger partial charge in [-0.05, 0) is 30.8 Å². The molecule has 0 bridgehead atoms. The maximum atomic E-state index is 12.4. The number of nitrogens with zero attached hydrogens (tertiary/aromatic N) is 4. The fourth-order valence-corrected chi connectivity index (χ4v) is 2.41. The van der Waals surface area contributed by atoms with Gasteiger partial charge in [0.25, 0.3) is 5.91 Å². The Morgan fingerprint density at radius 2 is 1.71 bits per heavy atom. The second kappa shape index (κ2) is 6.01. The van der Waals surface area contributed by atoms with Crippen LogP contribution in [0.4, 0.5) is 0 Å². The van der Waals surface area contributed by atoms with Crippen molar-refractivity contribution >= 4 is 5.91 Å². The zero-order valence-corrected chi connectivity index (χ0v) is 12.1. The molecule has 0 aliphatic carbocycles. The molecule has 3 heterocycles. The summed E-state index contributed by atoms with van der Waals surface area (Å²) in [5.74, 6) is 0.0179. The first-order valence-electron chi connectivity index (χ1n) is 7.08. The molecular weight excluding hydrogens is 264 g/mol. The maximum absolute atomic E-state index is 12.4. The molecule has 0 N–H and O–H groups in total. The summed E-state index contributed by atoms with van der Waals surface area (Å²) in [6.45, 7) is 3.37. The topological polar surface area (TPSA) is 49.3 Å². The van der Waals surface area contributed by atoms with Crippen LogP contribution in [0.25, 0.3) is 11.1 Å². The Kier molecular flexibility index (Phi) is 3.92. The minimum absolute atomic E-state index is 0.0179. The summed E-state index contributed by atoms with van der Waals surface area (Å²) in [4.78, 5) is 24.8. The third kappa shape index (κ3) is 3.08. The van der Waals surface area contributed by atoms with Gasteiger partial charge in [0.1, 0.15) is 5.69 Å². The van der Waals surface area contributed by atoms with E-state index in [-0.39, 0.29) is 5.91 Å². The largest absolute Gasteiger partial charge is 0.335 e. The van der Waals surface area contributed by atoms with Crippen LogP contribution in [0, 0.1) is 0 Å². The Hall–Kier alpha value is -2.27. The Labute approximate surface area is 124 Å². The van der Waals surface area contributed by atoms with E-state index in [0.717, 1.165) is 37.3 Å². The first-order valence-corrected chi connectivity index (χ1v) is 7.08. The van der Waals surface area contributed by atoms with Gasteiger partial charge in [0.15, 0.2) is 0 Å². The van der Waals surface area contributed by atoms with E-state index < -0.39 is 0 Å². The summed E-state index contributed by atoms with van der Waals surface area (Å²) < 4.78 is 0. The molecule has 1 aliphatic heterocycles. The molecule has 0 aromatic carbocycles. The average Bonchev–Trinajstić information content (AvgIpc) is 2.56. The van der Waals surface area contributed by atoms with Crippen LogP contribution in [-0.4, -0.2) is 58.9 Å². The fraction of sp³-hybridized carbons (Fsp3) is 0.312. The molecule has 0 atom stereocenters. The van der Waals surface area contributed by atoms with E-state index in [2.05, 4.69) is 21.9 Å². The molecule has 2 aromatic rings. The lowest BCUT2D eigenvalue weighted by atomic mass is 10.1. The molecule has 0 saturated carbocycles. The van der Waals surface area contributed by atoms with Crippen molar-refractivity contribution < 1.29 is 4.79 Å². The van der Waals surface area contributed by atoms with Crippen molar-refractivity contribution in [3.63, 3.8) is 0 Å². The first-order chi connectivity index (χ1) is 10.2. The molecule has 2 aromatic heterocycles. The quantitative estimate of drug-likeness (QED) is 0.838. The van der Waals surface area contributed by atoms with E-state index >= 15 is 0 Å². The summed E-state index contributed by atoms with van der Waals surface area (Å²) in [5.41, 5.74) is 2.56.